The highest BCUT2D eigenvalue weighted by atomic mass is 32.1. The lowest BCUT2D eigenvalue weighted by Gasteiger charge is -2.45. The molecule has 0 aromatic heterocycles. The smallest absolute Gasteiger partial charge is 0.168 e. The number of thiocarbonyl (C=S) groups is 1. The van der Waals surface area contributed by atoms with Gasteiger partial charge in [0, 0.05) is 6.04 Å². The van der Waals surface area contributed by atoms with E-state index in [0.717, 1.165) is 24.4 Å². The molecule has 92 valence electrons. The van der Waals surface area contributed by atoms with Crippen LogP contribution in [0.1, 0.15) is 40.0 Å². The van der Waals surface area contributed by atoms with Crippen molar-refractivity contribution in [2.75, 3.05) is 13.3 Å². The molecule has 0 aromatic carbocycles. The summed E-state index contributed by atoms with van der Waals surface area (Å²) in [5.41, 5.74) is 0.486. The van der Waals surface area contributed by atoms with Gasteiger partial charge in [-0.15, -0.1) is 0 Å². The Hall–Kier alpha value is -0.350. The molecule has 0 spiro atoms. The summed E-state index contributed by atoms with van der Waals surface area (Å²) >= 11 is 5.08. The molecular formula is C12H23N3S. The van der Waals surface area contributed by atoms with Crippen molar-refractivity contribution < 1.29 is 0 Å². The zero-order valence-electron chi connectivity index (χ0n) is 10.5. The average Bonchev–Trinajstić information content (AvgIpc) is 2.15. The average molecular weight is 241 g/mol. The molecule has 4 heteroatoms. The third kappa shape index (κ3) is 2.86. The third-order valence-corrected chi connectivity index (χ3v) is 4.05. The highest BCUT2D eigenvalue weighted by molar-refractivity contribution is 7.80. The quantitative estimate of drug-likeness (QED) is 0.686. The minimum absolute atomic E-state index is 0.486. The summed E-state index contributed by atoms with van der Waals surface area (Å²) in [6.45, 7) is 8.97. The Morgan fingerprint density at radius 2 is 1.88 bits per heavy atom. The van der Waals surface area contributed by atoms with Gasteiger partial charge in [-0.05, 0) is 42.8 Å². The molecule has 16 heavy (non-hydrogen) atoms. The molecule has 0 unspecified atom stereocenters. The highest BCUT2D eigenvalue weighted by Crippen LogP contribution is 2.40. The molecule has 0 bridgehead atoms. The Labute approximate surface area is 104 Å². The number of rotatable bonds is 1. The molecule has 1 aliphatic heterocycles. The second-order valence-corrected chi connectivity index (χ2v) is 6.56. The van der Waals surface area contributed by atoms with E-state index >= 15 is 0 Å². The Kier molecular flexibility index (Phi) is 3.40. The van der Waals surface area contributed by atoms with Crippen LogP contribution in [0.5, 0.6) is 0 Å². The van der Waals surface area contributed by atoms with Crippen LogP contribution in [0.4, 0.5) is 0 Å². The van der Waals surface area contributed by atoms with Crippen molar-refractivity contribution in [3.63, 3.8) is 0 Å². The van der Waals surface area contributed by atoms with Crippen molar-refractivity contribution in [1.29, 1.82) is 0 Å². The second-order valence-electron chi connectivity index (χ2n) is 6.15. The maximum atomic E-state index is 5.08. The van der Waals surface area contributed by atoms with E-state index in [4.69, 9.17) is 12.2 Å². The molecule has 0 aromatic rings. The largest absolute Gasteiger partial charge is 0.350 e. The lowest BCUT2D eigenvalue weighted by molar-refractivity contribution is 0.0579. The number of hydrogen-bond acceptors (Lipinski definition) is 2. The van der Waals surface area contributed by atoms with Crippen LogP contribution < -0.4 is 10.6 Å². The predicted molar refractivity (Wildman–Crippen MR) is 71.0 cm³/mol. The van der Waals surface area contributed by atoms with Gasteiger partial charge in [0.15, 0.2) is 5.11 Å². The van der Waals surface area contributed by atoms with Crippen LogP contribution >= 0.6 is 12.2 Å². The van der Waals surface area contributed by atoms with E-state index in [1.54, 1.807) is 0 Å². The van der Waals surface area contributed by atoms with Crippen LogP contribution in [-0.4, -0.2) is 29.4 Å². The zero-order chi connectivity index (χ0) is 11.8. The summed E-state index contributed by atoms with van der Waals surface area (Å²) in [5, 5.41) is 7.23. The van der Waals surface area contributed by atoms with Gasteiger partial charge in [0.25, 0.3) is 0 Å². The SMILES string of the molecule is C[C@H]1C[C@@H](N2CNC(=S)NC2)CC(C)(C)C1. The number of nitrogens with zero attached hydrogens (tertiary/aromatic N) is 1. The van der Waals surface area contributed by atoms with Crippen molar-refractivity contribution in [2.45, 2.75) is 46.1 Å². The molecule has 1 aliphatic carbocycles. The molecular weight excluding hydrogens is 218 g/mol. The molecule has 0 amide bonds. The topological polar surface area (TPSA) is 27.3 Å². The zero-order valence-corrected chi connectivity index (χ0v) is 11.4. The van der Waals surface area contributed by atoms with Crippen LogP contribution in [0.2, 0.25) is 0 Å². The van der Waals surface area contributed by atoms with E-state index < -0.39 is 0 Å². The molecule has 2 aliphatic rings. The number of hydrogen-bond donors (Lipinski definition) is 2. The van der Waals surface area contributed by atoms with Crippen molar-refractivity contribution in [1.82, 2.24) is 15.5 Å². The van der Waals surface area contributed by atoms with Gasteiger partial charge in [0.1, 0.15) is 0 Å². The first kappa shape index (κ1) is 12.1. The number of nitrogens with one attached hydrogen (secondary N) is 2. The summed E-state index contributed by atoms with van der Waals surface area (Å²) < 4.78 is 0. The molecule has 1 saturated heterocycles. The summed E-state index contributed by atoms with van der Waals surface area (Å²) in [6.07, 6.45) is 3.98. The maximum absolute atomic E-state index is 5.08. The van der Waals surface area contributed by atoms with Crippen molar-refractivity contribution in [2.24, 2.45) is 11.3 Å². The molecule has 3 nitrogen and oxygen atoms in total. The van der Waals surface area contributed by atoms with Gasteiger partial charge in [0.2, 0.25) is 0 Å². The summed E-state index contributed by atoms with van der Waals surface area (Å²) in [6, 6.07) is 0.696. The van der Waals surface area contributed by atoms with Crippen molar-refractivity contribution in [3.05, 3.63) is 0 Å². The predicted octanol–water partition coefficient (Wildman–Crippen LogP) is 1.90. The fourth-order valence-electron chi connectivity index (χ4n) is 3.30. The molecule has 2 fully saturated rings. The molecule has 0 radical (unpaired) electrons. The van der Waals surface area contributed by atoms with Gasteiger partial charge in [0.05, 0.1) is 13.3 Å². The fourth-order valence-corrected chi connectivity index (χ4v) is 3.43. The lowest BCUT2D eigenvalue weighted by atomic mass is 9.70. The molecule has 2 atom stereocenters. The standard InChI is InChI=1S/C12H23N3S/c1-9-4-10(6-12(2,3)5-9)15-7-13-11(16)14-8-15/h9-10H,4-8H2,1-3H3,(H2,13,14,16)/t9-,10+/m0/s1. The van der Waals surface area contributed by atoms with E-state index in [2.05, 4.69) is 36.3 Å². The van der Waals surface area contributed by atoms with E-state index in [0.29, 0.717) is 11.5 Å². The van der Waals surface area contributed by atoms with Gasteiger partial charge < -0.3 is 10.6 Å². The van der Waals surface area contributed by atoms with Crippen LogP contribution in [0.25, 0.3) is 0 Å². The van der Waals surface area contributed by atoms with E-state index in [9.17, 15) is 0 Å². The van der Waals surface area contributed by atoms with E-state index in [1.807, 2.05) is 0 Å². The van der Waals surface area contributed by atoms with E-state index in [1.165, 1.54) is 19.3 Å². The molecule has 1 heterocycles. The summed E-state index contributed by atoms with van der Waals surface area (Å²) in [4.78, 5) is 2.48. The van der Waals surface area contributed by atoms with Crippen LogP contribution in [-0.2, 0) is 0 Å². The van der Waals surface area contributed by atoms with E-state index in [-0.39, 0.29) is 0 Å². The first-order chi connectivity index (χ1) is 7.46. The van der Waals surface area contributed by atoms with Gasteiger partial charge in [-0.25, -0.2) is 0 Å². The van der Waals surface area contributed by atoms with Crippen LogP contribution in [0.3, 0.4) is 0 Å². The van der Waals surface area contributed by atoms with Gasteiger partial charge in [-0.1, -0.05) is 20.8 Å². The lowest BCUT2D eigenvalue weighted by Crippen LogP contribution is -2.58. The molecule has 2 rings (SSSR count). The Morgan fingerprint density at radius 3 is 2.44 bits per heavy atom. The van der Waals surface area contributed by atoms with Gasteiger partial charge in [-0.3, -0.25) is 4.90 Å². The first-order valence-electron chi connectivity index (χ1n) is 6.22. The van der Waals surface area contributed by atoms with Crippen molar-refractivity contribution in [3.8, 4) is 0 Å². The normalized spacial score (nSPS) is 35.3. The Bertz CT molecular complexity index is 267. The summed E-state index contributed by atoms with van der Waals surface area (Å²) in [5.74, 6) is 0.836. The minimum atomic E-state index is 0.486. The fraction of sp³-hybridized carbons (Fsp3) is 0.917. The summed E-state index contributed by atoms with van der Waals surface area (Å²) in [7, 11) is 0. The first-order valence-corrected chi connectivity index (χ1v) is 6.63. The Morgan fingerprint density at radius 1 is 1.25 bits per heavy atom. The minimum Gasteiger partial charge on any atom is -0.350 e. The van der Waals surface area contributed by atoms with Gasteiger partial charge >= 0.3 is 0 Å². The second kappa shape index (κ2) is 4.49. The van der Waals surface area contributed by atoms with Crippen molar-refractivity contribution >= 4 is 17.3 Å². The van der Waals surface area contributed by atoms with Crippen LogP contribution in [0.15, 0.2) is 0 Å². The monoisotopic (exact) mass is 241 g/mol. The highest BCUT2D eigenvalue weighted by Gasteiger charge is 2.35. The van der Waals surface area contributed by atoms with Crippen LogP contribution in [0, 0.1) is 11.3 Å². The van der Waals surface area contributed by atoms with Gasteiger partial charge in [-0.2, -0.15) is 0 Å². The third-order valence-electron chi connectivity index (χ3n) is 3.77. The molecule has 1 saturated carbocycles. The maximum Gasteiger partial charge on any atom is 0.168 e. The molecule has 2 N–H and O–H groups in total. The Balaban J connectivity index is 1.96.